The molecule has 0 N–H and O–H groups in total. The topological polar surface area (TPSA) is 85.3 Å². The maximum absolute atomic E-state index is 12.9. The highest BCUT2D eigenvalue weighted by atomic mass is 32.2. The molecule has 0 unspecified atom stereocenters. The number of hydrogen-bond donors (Lipinski definition) is 0. The van der Waals surface area contributed by atoms with Gasteiger partial charge in [0.2, 0.25) is 0 Å². The molecule has 0 aliphatic carbocycles. The number of unbranched alkanes of at least 4 members (excludes halogenated alkanes) is 2. The van der Waals surface area contributed by atoms with Gasteiger partial charge in [-0.15, -0.1) is 4.40 Å². The van der Waals surface area contributed by atoms with Crippen LogP contribution in [0.2, 0.25) is 0 Å². The number of nitrogens with zero attached hydrogens (tertiary/aromatic N) is 2. The van der Waals surface area contributed by atoms with Crippen LogP contribution in [-0.4, -0.2) is 44.7 Å². The first kappa shape index (κ1) is 24.9. The van der Waals surface area contributed by atoms with Crippen molar-refractivity contribution in [1.82, 2.24) is 4.90 Å². The number of amidine groups is 1. The number of rotatable bonds is 10. The fourth-order valence-corrected chi connectivity index (χ4v) is 5.45. The lowest BCUT2D eigenvalue weighted by Crippen LogP contribution is -2.29. The SMILES string of the molecule is CCCCCOc1ccc(C=C2SC(=NS(=O)(=O)c3ccccc3)N(CC)C2=O)cc1OC. The van der Waals surface area contributed by atoms with Gasteiger partial charge in [-0.2, -0.15) is 8.42 Å². The van der Waals surface area contributed by atoms with Crippen LogP contribution < -0.4 is 9.47 Å². The summed E-state index contributed by atoms with van der Waals surface area (Å²) in [5, 5.41) is 0.139. The third-order valence-corrected chi connectivity index (χ3v) is 7.34. The Bertz CT molecular complexity index is 1140. The lowest BCUT2D eigenvalue weighted by molar-refractivity contribution is -0.122. The third-order valence-electron chi connectivity index (χ3n) is 4.93. The summed E-state index contributed by atoms with van der Waals surface area (Å²) in [6.45, 7) is 4.83. The van der Waals surface area contributed by atoms with Gasteiger partial charge in [0.1, 0.15) is 0 Å². The number of hydrogen-bond acceptors (Lipinski definition) is 6. The summed E-state index contributed by atoms with van der Waals surface area (Å²) in [6, 6.07) is 13.4. The van der Waals surface area contributed by atoms with Crippen LogP contribution in [0.25, 0.3) is 6.08 Å². The number of methoxy groups -OCH3 is 1. The Morgan fingerprint density at radius 1 is 1.06 bits per heavy atom. The van der Waals surface area contributed by atoms with Gasteiger partial charge >= 0.3 is 0 Å². The lowest BCUT2D eigenvalue weighted by Gasteiger charge is -2.12. The van der Waals surface area contributed by atoms with E-state index in [9.17, 15) is 13.2 Å². The Morgan fingerprint density at radius 3 is 2.48 bits per heavy atom. The number of benzene rings is 2. The Morgan fingerprint density at radius 2 is 1.82 bits per heavy atom. The van der Waals surface area contributed by atoms with E-state index in [0.29, 0.717) is 29.6 Å². The second-order valence-electron chi connectivity index (χ2n) is 7.29. The molecule has 1 fully saturated rings. The molecule has 9 heteroatoms. The second-order valence-corrected chi connectivity index (χ2v) is 9.90. The molecule has 1 saturated heterocycles. The quantitative estimate of drug-likeness (QED) is 0.348. The van der Waals surface area contributed by atoms with Gasteiger partial charge in [-0.25, -0.2) is 0 Å². The predicted molar refractivity (Wildman–Crippen MR) is 132 cm³/mol. The van der Waals surface area contributed by atoms with Gasteiger partial charge in [0, 0.05) is 6.54 Å². The number of ether oxygens (including phenoxy) is 2. The van der Waals surface area contributed by atoms with E-state index in [1.54, 1.807) is 44.4 Å². The number of thioether (sulfide) groups is 1. The van der Waals surface area contributed by atoms with Gasteiger partial charge in [-0.3, -0.25) is 9.69 Å². The van der Waals surface area contributed by atoms with E-state index in [0.717, 1.165) is 36.6 Å². The monoisotopic (exact) mass is 488 g/mol. The Balaban J connectivity index is 1.85. The normalized spacial score (nSPS) is 16.6. The molecule has 33 heavy (non-hydrogen) atoms. The van der Waals surface area contributed by atoms with E-state index < -0.39 is 10.0 Å². The van der Waals surface area contributed by atoms with Crippen LogP contribution >= 0.6 is 11.8 Å². The minimum absolute atomic E-state index is 0.0818. The first-order valence-corrected chi connectivity index (χ1v) is 13.1. The number of carbonyl (C=O) groups is 1. The second kappa shape index (κ2) is 11.4. The molecule has 0 spiro atoms. The zero-order valence-corrected chi connectivity index (χ0v) is 20.6. The summed E-state index contributed by atoms with van der Waals surface area (Å²) < 4.78 is 40.6. The fraction of sp³-hybridized carbons (Fsp3) is 0.333. The van der Waals surface area contributed by atoms with Gasteiger partial charge in [0.05, 0.1) is 23.5 Å². The van der Waals surface area contributed by atoms with Crippen molar-refractivity contribution in [3.63, 3.8) is 0 Å². The summed E-state index contributed by atoms with van der Waals surface area (Å²) in [5.41, 5.74) is 0.742. The van der Waals surface area contributed by atoms with Crippen LogP contribution in [0.3, 0.4) is 0 Å². The van der Waals surface area contributed by atoms with E-state index >= 15 is 0 Å². The van der Waals surface area contributed by atoms with E-state index in [2.05, 4.69) is 11.3 Å². The maximum atomic E-state index is 12.9. The summed E-state index contributed by atoms with van der Waals surface area (Å²) in [4.78, 5) is 14.7. The number of amides is 1. The largest absolute Gasteiger partial charge is 0.493 e. The average Bonchev–Trinajstić information content (AvgIpc) is 3.10. The molecule has 1 aliphatic heterocycles. The van der Waals surface area contributed by atoms with E-state index in [1.165, 1.54) is 17.0 Å². The minimum atomic E-state index is -3.93. The molecule has 1 amide bonds. The Hall–Kier alpha value is -2.78. The summed E-state index contributed by atoms with van der Waals surface area (Å²) in [6.07, 6.45) is 4.89. The van der Waals surface area contributed by atoms with Crippen LogP contribution in [0.4, 0.5) is 0 Å². The molecular weight excluding hydrogens is 460 g/mol. The fourth-order valence-electron chi connectivity index (χ4n) is 3.18. The molecule has 3 rings (SSSR count). The van der Waals surface area contributed by atoms with Gasteiger partial charge < -0.3 is 9.47 Å². The molecule has 1 heterocycles. The Kier molecular flexibility index (Phi) is 8.57. The van der Waals surface area contributed by atoms with Crippen LogP contribution in [-0.2, 0) is 14.8 Å². The maximum Gasteiger partial charge on any atom is 0.284 e. The molecule has 0 bridgehead atoms. The van der Waals surface area contributed by atoms with Crippen LogP contribution in [0.1, 0.15) is 38.7 Å². The van der Waals surface area contributed by atoms with Crippen molar-refractivity contribution in [1.29, 1.82) is 0 Å². The van der Waals surface area contributed by atoms with E-state index in [4.69, 9.17) is 9.47 Å². The number of sulfonamides is 1. The van der Waals surface area contributed by atoms with Crippen molar-refractivity contribution in [3.05, 3.63) is 59.0 Å². The molecular formula is C24H28N2O5S2. The van der Waals surface area contributed by atoms with Crippen molar-refractivity contribution in [2.75, 3.05) is 20.3 Å². The van der Waals surface area contributed by atoms with Gasteiger partial charge in [0.15, 0.2) is 16.7 Å². The molecule has 0 saturated carbocycles. The smallest absolute Gasteiger partial charge is 0.284 e. The molecule has 0 atom stereocenters. The Labute approximate surface area is 199 Å². The first-order chi connectivity index (χ1) is 15.9. The summed E-state index contributed by atoms with van der Waals surface area (Å²) in [7, 11) is -2.36. The number of carbonyl (C=O) groups excluding carboxylic acids is 1. The van der Waals surface area contributed by atoms with Crippen LogP contribution in [0, 0.1) is 0 Å². The van der Waals surface area contributed by atoms with Crippen molar-refractivity contribution < 1.29 is 22.7 Å². The van der Waals surface area contributed by atoms with Crippen molar-refractivity contribution in [2.24, 2.45) is 4.40 Å². The van der Waals surface area contributed by atoms with Crippen LogP contribution in [0.15, 0.2) is 62.7 Å². The molecule has 2 aromatic carbocycles. The molecule has 176 valence electrons. The average molecular weight is 489 g/mol. The summed E-state index contributed by atoms with van der Waals surface area (Å²) >= 11 is 1.04. The molecule has 7 nitrogen and oxygen atoms in total. The third kappa shape index (κ3) is 6.17. The minimum Gasteiger partial charge on any atom is -0.493 e. The predicted octanol–water partition coefficient (Wildman–Crippen LogP) is 4.95. The molecule has 1 aliphatic rings. The standard InChI is InChI=1S/C24H28N2O5S2/c1-4-6-10-15-31-20-14-13-18(16-21(20)30-3)17-22-23(27)26(5-2)24(32-22)25-33(28,29)19-11-8-7-9-12-19/h7-9,11-14,16-17H,4-6,10,15H2,1-3H3. The summed E-state index contributed by atoms with van der Waals surface area (Å²) in [5.74, 6) is 0.931. The zero-order chi connectivity index (χ0) is 23.8. The number of likely N-dealkylation sites (N-methyl/N-ethyl adjacent to an activating group) is 1. The van der Waals surface area contributed by atoms with Crippen LogP contribution in [0.5, 0.6) is 11.5 Å². The van der Waals surface area contributed by atoms with Gasteiger partial charge in [-0.05, 0) is 61.0 Å². The highest BCUT2D eigenvalue weighted by Gasteiger charge is 2.34. The van der Waals surface area contributed by atoms with Crippen molar-refractivity contribution >= 4 is 38.9 Å². The van der Waals surface area contributed by atoms with Crippen molar-refractivity contribution in [2.45, 2.75) is 38.0 Å². The van der Waals surface area contributed by atoms with Crippen molar-refractivity contribution in [3.8, 4) is 11.5 Å². The van der Waals surface area contributed by atoms with Gasteiger partial charge in [-0.1, -0.05) is 44.0 Å². The van der Waals surface area contributed by atoms with E-state index in [-0.39, 0.29) is 16.0 Å². The molecule has 0 aromatic heterocycles. The van der Waals surface area contributed by atoms with E-state index in [1.807, 2.05) is 12.1 Å². The lowest BCUT2D eigenvalue weighted by atomic mass is 10.2. The highest BCUT2D eigenvalue weighted by Crippen LogP contribution is 2.35. The van der Waals surface area contributed by atoms with Gasteiger partial charge in [0.25, 0.3) is 15.9 Å². The molecule has 0 radical (unpaired) electrons. The zero-order valence-electron chi connectivity index (χ0n) is 19.0. The highest BCUT2D eigenvalue weighted by molar-refractivity contribution is 8.19. The first-order valence-electron chi connectivity index (χ1n) is 10.8. The molecule has 2 aromatic rings.